The van der Waals surface area contributed by atoms with Crippen LogP contribution in [-0.4, -0.2) is 31.7 Å². The highest BCUT2D eigenvalue weighted by atomic mass is 35.5. The van der Waals surface area contributed by atoms with Crippen molar-refractivity contribution >= 4 is 17.6 Å². The number of aromatic carboxylic acids is 1. The van der Waals surface area contributed by atoms with Crippen LogP contribution in [0.5, 0.6) is 11.5 Å². The van der Waals surface area contributed by atoms with Crippen LogP contribution in [0.4, 0.5) is 8.78 Å². The fourth-order valence-corrected chi connectivity index (χ4v) is 4.58. The Bertz CT molecular complexity index is 1390. The summed E-state index contributed by atoms with van der Waals surface area (Å²) in [5.74, 6) is -1.66. The van der Waals surface area contributed by atoms with Gasteiger partial charge in [-0.25, -0.2) is 4.79 Å². The molecule has 172 valence electrons. The van der Waals surface area contributed by atoms with E-state index in [1.54, 1.807) is 9.25 Å². The molecule has 11 heteroatoms. The Balaban J connectivity index is 1.75. The van der Waals surface area contributed by atoms with Crippen molar-refractivity contribution < 1.29 is 28.2 Å². The molecule has 0 amide bonds. The third kappa shape index (κ3) is 3.28. The van der Waals surface area contributed by atoms with Gasteiger partial charge in [0.2, 0.25) is 0 Å². The molecule has 2 aliphatic heterocycles. The SMILES string of the molecule is CC(C)(C)[C@@H]1Cn2nc(-c3cccc4c3OC(F)(F)O4)c(Cl)c2-c2cc(=O)c(C(=O)O)cn21. The quantitative estimate of drug-likeness (QED) is 0.577. The van der Waals surface area contributed by atoms with Crippen molar-refractivity contribution in [2.75, 3.05) is 0 Å². The third-order valence-electron chi connectivity index (χ3n) is 5.81. The molecular weight excluding hydrogens is 460 g/mol. The Kier molecular flexibility index (Phi) is 4.42. The van der Waals surface area contributed by atoms with Crippen molar-refractivity contribution in [1.82, 2.24) is 14.3 Å². The van der Waals surface area contributed by atoms with Gasteiger partial charge in [0.15, 0.2) is 16.9 Å². The van der Waals surface area contributed by atoms with Gasteiger partial charge in [-0.3, -0.25) is 9.48 Å². The van der Waals surface area contributed by atoms with Crippen LogP contribution in [0.3, 0.4) is 0 Å². The van der Waals surface area contributed by atoms with E-state index in [0.717, 1.165) is 0 Å². The van der Waals surface area contributed by atoms with Gasteiger partial charge < -0.3 is 19.1 Å². The van der Waals surface area contributed by atoms with Gasteiger partial charge in [-0.1, -0.05) is 38.4 Å². The highest BCUT2D eigenvalue weighted by molar-refractivity contribution is 6.35. The van der Waals surface area contributed by atoms with Crippen molar-refractivity contribution in [3.63, 3.8) is 0 Å². The molecular formula is C22H18ClF2N3O5. The highest BCUT2D eigenvalue weighted by Gasteiger charge is 2.45. The van der Waals surface area contributed by atoms with Crippen molar-refractivity contribution in [3.05, 3.63) is 51.3 Å². The number of halogens is 3. The zero-order valence-corrected chi connectivity index (χ0v) is 18.5. The number of fused-ring (bicyclic) bond motifs is 4. The first-order valence-electron chi connectivity index (χ1n) is 10.0. The molecule has 2 aromatic heterocycles. The lowest BCUT2D eigenvalue weighted by Crippen LogP contribution is -2.35. The summed E-state index contributed by atoms with van der Waals surface area (Å²) in [4.78, 5) is 24.1. The fourth-order valence-electron chi connectivity index (χ4n) is 4.25. The first kappa shape index (κ1) is 21.4. The van der Waals surface area contributed by atoms with Gasteiger partial charge in [-0.05, 0) is 17.5 Å². The number of alkyl halides is 2. The van der Waals surface area contributed by atoms with E-state index in [1.165, 1.54) is 30.5 Å². The van der Waals surface area contributed by atoms with Gasteiger partial charge in [-0.2, -0.15) is 5.10 Å². The Morgan fingerprint density at radius 3 is 2.70 bits per heavy atom. The van der Waals surface area contributed by atoms with Crippen LogP contribution in [-0.2, 0) is 6.54 Å². The van der Waals surface area contributed by atoms with Crippen LogP contribution < -0.4 is 14.9 Å². The molecule has 0 unspecified atom stereocenters. The predicted molar refractivity (Wildman–Crippen MR) is 114 cm³/mol. The number of aromatic nitrogens is 3. The number of ether oxygens (including phenoxy) is 2. The maximum atomic E-state index is 13.7. The van der Waals surface area contributed by atoms with E-state index in [0.29, 0.717) is 17.9 Å². The molecule has 0 aliphatic carbocycles. The molecule has 0 bridgehead atoms. The molecule has 1 atom stereocenters. The van der Waals surface area contributed by atoms with E-state index in [1.807, 2.05) is 20.8 Å². The average Bonchev–Trinajstić information content (AvgIpc) is 3.20. The summed E-state index contributed by atoms with van der Waals surface area (Å²) in [6.45, 7) is 6.26. The molecule has 0 saturated carbocycles. The standard InChI is InChI=1S/C22H18ClF2N3O5/c1-21(2,3)15-9-28-18(12-7-13(29)11(20(30)31)8-27(12)15)16(23)17(26-28)10-5-4-6-14-19(10)33-22(24,25)32-14/h4-8,15H,9H2,1-3H3,(H,30,31)/t15-/m0/s1. The number of para-hydroxylation sites is 1. The lowest BCUT2D eigenvalue weighted by molar-refractivity contribution is -0.286. The zero-order chi connectivity index (χ0) is 23.9. The molecule has 4 heterocycles. The minimum Gasteiger partial charge on any atom is -0.477 e. The van der Waals surface area contributed by atoms with E-state index < -0.39 is 17.7 Å². The van der Waals surface area contributed by atoms with Crippen LogP contribution >= 0.6 is 11.6 Å². The Morgan fingerprint density at radius 2 is 2.03 bits per heavy atom. The minimum atomic E-state index is -3.81. The maximum Gasteiger partial charge on any atom is 0.586 e. The smallest absolute Gasteiger partial charge is 0.477 e. The van der Waals surface area contributed by atoms with Crippen molar-refractivity contribution in [2.45, 2.75) is 39.7 Å². The first-order chi connectivity index (χ1) is 15.4. The summed E-state index contributed by atoms with van der Waals surface area (Å²) in [6.07, 6.45) is -2.49. The number of nitrogens with zero attached hydrogens (tertiary/aromatic N) is 3. The van der Waals surface area contributed by atoms with Crippen LogP contribution in [0.1, 0.15) is 37.2 Å². The van der Waals surface area contributed by atoms with E-state index in [9.17, 15) is 23.5 Å². The van der Waals surface area contributed by atoms with Crippen LogP contribution in [0.2, 0.25) is 5.02 Å². The lowest BCUT2D eigenvalue weighted by atomic mass is 9.85. The van der Waals surface area contributed by atoms with Crippen molar-refractivity contribution in [2.24, 2.45) is 5.41 Å². The normalized spacial score (nSPS) is 18.1. The molecule has 0 fully saturated rings. The Morgan fingerprint density at radius 1 is 1.30 bits per heavy atom. The minimum absolute atomic E-state index is 0.116. The van der Waals surface area contributed by atoms with E-state index in [-0.39, 0.29) is 44.8 Å². The van der Waals surface area contributed by atoms with E-state index in [2.05, 4.69) is 14.6 Å². The molecule has 1 aromatic carbocycles. The second-order valence-corrected chi connectivity index (χ2v) is 9.40. The lowest BCUT2D eigenvalue weighted by Gasteiger charge is -2.38. The highest BCUT2D eigenvalue weighted by Crippen LogP contribution is 2.50. The molecule has 33 heavy (non-hydrogen) atoms. The number of carboxylic acid groups (broad SMARTS) is 1. The summed E-state index contributed by atoms with van der Waals surface area (Å²) >= 11 is 6.70. The summed E-state index contributed by atoms with van der Waals surface area (Å²) in [5.41, 5.74) is -0.222. The van der Waals surface area contributed by atoms with Gasteiger partial charge in [0.1, 0.15) is 17.0 Å². The largest absolute Gasteiger partial charge is 0.586 e. The summed E-state index contributed by atoms with van der Waals surface area (Å²) < 4.78 is 39.9. The number of pyridine rings is 1. The zero-order valence-electron chi connectivity index (χ0n) is 17.7. The van der Waals surface area contributed by atoms with Gasteiger partial charge in [0.25, 0.3) is 0 Å². The van der Waals surface area contributed by atoms with Crippen LogP contribution in [0.15, 0.2) is 35.3 Å². The van der Waals surface area contributed by atoms with Crippen molar-refractivity contribution in [3.8, 4) is 34.1 Å². The maximum absolute atomic E-state index is 13.7. The molecule has 0 spiro atoms. The molecule has 1 N–H and O–H groups in total. The summed E-state index contributed by atoms with van der Waals surface area (Å²) in [7, 11) is 0. The molecule has 3 aromatic rings. The Hall–Kier alpha value is -3.40. The van der Waals surface area contributed by atoms with Gasteiger partial charge in [0.05, 0.1) is 23.3 Å². The fraction of sp³-hybridized carbons (Fsp3) is 0.318. The van der Waals surface area contributed by atoms with Crippen molar-refractivity contribution in [1.29, 1.82) is 0 Å². The predicted octanol–water partition coefficient (Wildman–Crippen LogP) is 4.65. The topological polar surface area (TPSA) is 95.6 Å². The molecule has 0 radical (unpaired) electrons. The third-order valence-corrected chi connectivity index (χ3v) is 6.17. The van der Waals surface area contributed by atoms with Gasteiger partial charge in [0, 0.05) is 17.8 Å². The number of rotatable bonds is 2. The second-order valence-electron chi connectivity index (χ2n) is 9.02. The molecule has 2 aliphatic rings. The number of benzene rings is 1. The van der Waals surface area contributed by atoms with Gasteiger partial charge in [-0.15, -0.1) is 8.78 Å². The average molecular weight is 478 g/mol. The summed E-state index contributed by atoms with van der Waals surface area (Å²) in [6, 6.07) is 5.34. The number of carboxylic acids is 1. The Labute approximate surface area is 190 Å². The molecule has 5 rings (SSSR count). The molecule has 0 saturated heterocycles. The van der Waals surface area contributed by atoms with Crippen LogP contribution in [0, 0.1) is 5.41 Å². The van der Waals surface area contributed by atoms with Gasteiger partial charge >= 0.3 is 12.3 Å². The van der Waals surface area contributed by atoms with Crippen LogP contribution in [0.25, 0.3) is 22.6 Å². The monoisotopic (exact) mass is 477 g/mol. The number of carbonyl (C=O) groups is 1. The number of hydrogen-bond acceptors (Lipinski definition) is 5. The molecule has 8 nitrogen and oxygen atoms in total. The summed E-state index contributed by atoms with van der Waals surface area (Å²) in [5, 5.41) is 14.1. The van der Waals surface area contributed by atoms with E-state index >= 15 is 0 Å². The van der Waals surface area contributed by atoms with E-state index in [4.69, 9.17) is 11.6 Å². The second kappa shape index (κ2) is 6.80. The first-order valence-corrected chi connectivity index (χ1v) is 10.4. The number of hydrogen-bond donors (Lipinski definition) is 1.